The first-order valence-electron chi connectivity index (χ1n) is 4.50. The van der Waals surface area contributed by atoms with Crippen molar-refractivity contribution < 1.29 is 4.79 Å². The largest absolute Gasteiger partial charge is 0.344 e. The van der Waals surface area contributed by atoms with Gasteiger partial charge in [0.1, 0.15) is 4.88 Å². The first-order chi connectivity index (χ1) is 7.11. The van der Waals surface area contributed by atoms with Gasteiger partial charge in [0.15, 0.2) is 0 Å². The number of thiophene rings is 1. The van der Waals surface area contributed by atoms with Crippen LogP contribution in [0.5, 0.6) is 0 Å². The molecule has 0 aliphatic rings. The number of nitrogens with zero attached hydrogens (tertiary/aromatic N) is 1. The predicted octanol–water partition coefficient (Wildman–Crippen LogP) is 3.26. The van der Waals surface area contributed by atoms with E-state index in [4.69, 9.17) is 11.6 Å². The Morgan fingerprint density at radius 3 is 2.60 bits per heavy atom. The molecule has 0 fully saturated rings. The molecule has 78 valence electrons. The van der Waals surface area contributed by atoms with Gasteiger partial charge in [0.2, 0.25) is 0 Å². The average molecular weight is 240 g/mol. The molecule has 1 heterocycles. The Balaban J connectivity index is 2.63. The standard InChI is InChI=1S/C11H10ClNOS/c1-13(2)11(14)10-9(12)7-5-3-4-6-8(7)15-10/h3-6H,1-2H3. The molecular formula is C11H10ClNOS. The third-order valence-corrected chi connectivity index (χ3v) is 3.80. The van der Waals surface area contributed by atoms with Crippen LogP contribution in [-0.4, -0.2) is 24.9 Å². The van der Waals surface area contributed by atoms with Crippen molar-refractivity contribution >= 4 is 38.9 Å². The van der Waals surface area contributed by atoms with Crippen LogP contribution in [0.2, 0.25) is 5.02 Å². The van der Waals surface area contributed by atoms with Gasteiger partial charge in [-0.1, -0.05) is 29.8 Å². The van der Waals surface area contributed by atoms with Crippen LogP contribution >= 0.6 is 22.9 Å². The minimum absolute atomic E-state index is 0.0406. The number of hydrogen-bond donors (Lipinski definition) is 0. The smallest absolute Gasteiger partial charge is 0.264 e. The molecule has 0 spiro atoms. The van der Waals surface area contributed by atoms with Crippen LogP contribution in [-0.2, 0) is 0 Å². The highest BCUT2D eigenvalue weighted by molar-refractivity contribution is 7.21. The fraction of sp³-hybridized carbons (Fsp3) is 0.182. The summed E-state index contributed by atoms with van der Waals surface area (Å²) in [5.41, 5.74) is 0. The number of benzene rings is 1. The molecule has 15 heavy (non-hydrogen) atoms. The van der Waals surface area contributed by atoms with E-state index in [1.165, 1.54) is 16.2 Å². The molecule has 0 saturated carbocycles. The second-order valence-electron chi connectivity index (χ2n) is 3.44. The third-order valence-electron chi connectivity index (χ3n) is 2.14. The maximum atomic E-state index is 11.8. The third kappa shape index (κ3) is 1.73. The van der Waals surface area contributed by atoms with E-state index in [1.807, 2.05) is 24.3 Å². The van der Waals surface area contributed by atoms with E-state index in [2.05, 4.69) is 0 Å². The van der Waals surface area contributed by atoms with Crippen molar-refractivity contribution in [3.8, 4) is 0 Å². The summed E-state index contributed by atoms with van der Waals surface area (Å²) in [5.74, 6) is -0.0406. The average Bonchev–Trinajstić information content (AvgIpc) is 2.56. The Labute approximate surface area is 97.1 Å². The van der Waals surface area contributed by atoms with Crippen LogP contribution in [0.3, 0.4) is 0 Å². The van der Waals surface area contributed by atoms with Gasteiger partial charge in [-0.2, -0.15) is 0 Å². The van der Waals surface area contributed by atoms with Crippen molar-refractivity contribution in [2.75, 3.05) is 14.1 Å². The molecule has 0 N–H and O–H groups in total. The van der Waals surface area contributed by atoms with Gasteiger partial charge < -0.3 is 4.90 Å². The molecule has 4 heteroatoms. The van der Waals surface area contributed by atoms with Crippen molar-refractivity contribution in [1.82, 2.24) is 4.90 Å². The highest BCUT2D eigenvalue weighted by atomic mass is 35.5. The summed E-state index contributed by atoms with van der Waals surface area (Å²) in [5, 5.41) is 1.52. The Bertz CT molecular complexity index is 518. The molecular weight excluding hydrogens is 230 g/mol. The van der Waals surface area contributed by atoms with Crippen molar-refractivity contribution in [2.24, 2.45) is 0 Å². The zero-order valence-electron chi connectivity index (χ0n) is 8.45. The monoisotopic (exact) mass is 239 g/mol. The normalized spacial score (nSPS) is 10.6. The Morgan fingerprint density at radius 2 is 2.00 bits per heavy atom. The second-order valence-corrected chi connectivity index (χ2v) is 4.87. The highest BCUT2D eigenvalue weighted by Gasteiger charge is 2.17. The van der Waals surface area contributed by atoms with E-state index in [0.717, 1.165) is 10.1 Å². The molecule has 0 radical (unpaired) electrons. The maximum absolute atomic E-state index is 11.8. The number of amides is 1. The summed E-state index contributed by atoms with van der Waals surface area (Å²) in [4.78, 5) is 13.9. The summed E-state index contributed by atoms with van der Waals surface area (Å²) >= 11 is 7.60. The van der Waals surface area contributed by atoms with Gasteiger partial charge in [0.25, 0.3) is 5.91 Å². The Kier molecular flexibility index (Phi) is 2.67. The van der Waals surface area contributed by atoms with Crippen LogP contribution < -0.4 is 0 Å². The molecule has 0 saturated heterocycles. The summed E-state index contributed by atoms with van der Waals surface area (Å²) in [6.07, 6.45) is 0. The zero-order valence-corrected chi connectivity index (χ0v) is 10.0. The van der Waals surface area contributed by atoms with Crippen LogP contribution in [0.4, 0.5) is 0 Å². The van der Waals surface area contributed by atoms with E-state index < -0.39 is 0 Å². The quantitative estimate of drug-likeness (QED) is 0.748. The van der Waals surface area contributed by atoms with E-state index in [-0.39, 0.29) is 5.91 Å². The fourth-order valence-corrected chi connectivity index (χ4v) is 2.89. The SMILES string of the molecule is CN(C)C(=O)c1sc2ccccc2c1Cl. The van der Waals surface area contributed by atoms with Crippen molar-refractivity contribution in [2.45, 2.75) is 0 Å². The minimum atomic E-state index is -0.0406. The number of fused-ring (bicyclic) bond motifs is 1. The maximum Gasteiger partial charge on any atom is 0.264 e. The Morgan fingerprint density at radius 1 is 1.33 bits per heavy atom. The molecule has 1 amide bonds. The molecule has 0 unspecified atom stereocenters. The summed E-state index contributed by atoms with van der Waals surface area (Å²) in [6.45, 7) is 0. The van der Waals surface area contributed by atoms with Gasteiger partial charge in [0, 0.05) is 24.2 Å². The number of carbonyl (C=O) groups excluding carboxylic acids is 1. The van der Waals surface area contributed by atoms with Crippen LogP contribution in [0.15, 0.2) is 24.3 Å². The lowest BCUT2D eigenvalue weighted by atomic mass is 10.2. The van der Waals surface area contributed by atoms with Gasteiger partial charge >= 0.3 is 0 Å². The fourth-order valence-electron chi connectivity index (χ4n) is 1.35. The molecule has 1 aromatic carbocycles. The summed E-state index contributed by atoms with van der Waals surface area (Å²) in [7, 11) is 3.45. The molecule has 0 atom stereocenters. The van der Waals surface area contributed by atoms with E-state index in [9.17, 15) is 4.79 Å². The molecule has 0 bridgehead atoms. The lowest BCUT2D eigenvalue weighted by Gasteiger charge is -2.07. The highest BCUT2D eigenvalue weighted by Crippen LogP contribution is 2.35. The van der Waals surface area contributed by atoms with E-state index in [0.29, 0.717) is 9.90 Å². The summed E-state index contributed by atoms with van der Waals surface area (Å²) < 4.78 is 1.05. The van der Waals surface area contributed by atoms with E-state index in [1.54, 1.807) is 14.1 Å². The number of halogens is 1. The van der Waals surface area contributed by atoms with Crippen LogP contribution in [0.25, 0.3) is 10.1 Å². The lowest BCUT2D eigenvalue weighted by Crippen LogP contribution is -2.20. The first-order valence-corrected chi connectivity index (χ1v) is 5.69. The molecule has 0 aliphatic carbocycles. The molecule has 2 aromatic rings. The van der Waals surface area contributed by atoms with Crippen molar-refractivity contribution in [3.05, 3.63) is 34.2 Å². The Hall–Kier alpha value is -1.06. The van der Waals surface area contributed by atoms with Crippen LogP contribution in [0, 0.1) is 0 Å². The van der Waals surface area contributed by atoms with Crippen molar-refractivity contribution in [1.29, 1.82) is 0 Å². The number of hydrogen-bond acceptors (Lipinski definition) is 2. The zero-order chi connectivity index (χ0) is 11.0. The predicted molar refractivity (Wildman–Crippen MR) is 64.9 cm³/mol. The molecule has 2 nitrogen and oxygen atoms in total. The van der Waals surface area contributed by atoms with E-state index >= 15 is 0 Å². The molecule has 1 aromatic heterocycles. The van der Waals surface area contributed by atoms with Crippen LogP contribution in [0.1, 0.15) is 9.67 Å². The summed E-state index contributed by atoms with van der Waals surface area (Å²) in [6, 6.07) is 7.77. The van der Waals surface area contributed by atoms with Gasteiger partial charge in [-0.15, -0.1) is 11.3 Å². The molecule has 2 rings (SSSR count). The second kappa shape index (κ2) is 3.83. The number of carbonyl (C=O) groups is 1. The van der Waals surface area contributed by atoms with Gasteiger partial charge in [-0.05, 0) is 6.07 Å². The minimum Gasteiger partial charge on any atom is -0.344 e. The van der Waals surface area contributed by atoms with Crippen molar-refractivity contribution in [3.63, 3.8) is 0 Å². The topological polar surface area (TPSA) is 20.3 Å². The number of rotatable bonds is 1. The van der Waals surface area contributed by atoms with Gasteiger partial charge in [-0.25, -0.2) is 0 Å². The molecule has 0 aliphatic heterocycles. The lowest BCUT2D eigenvalue weighted by molar-refractivity contribution is 0.0832. The van der Waals surface area contributed by atoms with Gasteiger partial charge in [0.05, 0.1) is 5.02 Å². The van der Waals surface area contributed by atoms with Gasteiger partial charge in [-0.3, -0.25) is 4.79 Å². The first kappa shape index (κ1) is 10.5.